The molecule has 0 aliphatic rings. The van der Waals surface area contributed by atoms with Crippen LogP contribution in [0.15, 0.2) is 59.2 Å². The van der Waals surface area contributed by atoms with Crippen LogP contribution in [0.4, 0.5) is 0 Å². The van der Waals surface area contributed by atoms with Crippen LogP contribution in [0.25, 0.3) is 0 Å². The van der Waals surface area contributed by atoms with Gasteiger partial charge in [-0.25, -0.2) is 0 Å². The van der Waals surface area contributed by atoms with Gasteiger partial charge >= 0.3 is 0 Å². The van der Waals surface area contributed by atoms with E-state index < -0.39 is 0 Å². The Morgan fingerprint density at radius 3 is 2.27 bits per heavy atom. The Kier molecular flexibility index (Phi) is 4.68. The van der Waals surface area contributed by atoms with Crippen molar-refractivity contribution in [1.29, 1.82) is 0 Å². The highest BCUT2D eigenvalue weighted by Gasteiger charge is 2.07. The van der Waals surface area contributed by atoms with Crippen LogP contribution in [-0.2, 0) is 19.4 Å². The molecule has 0 saturated heterocycles. The summed E-state index contributed by atoms with van der Waals surface area (Å²) in [5.41, 5.74) is 4.99. The third-order valence-electron chi connectivity index (χ3n) is 3.71. The van der Waals surface area contributed by atoms with E-state index in [2.05, 4.69) is 81.7 Å². The SMILES string of the molecule is CCn1cc(Cc2ccccc2Cc2ccc(Br)cc2)nn1. The minimum atomic E-state index is 0.826. The highest BCUT2D eigenvalue weighted by atomic mass is 79.9. The van der Waals surface area contributed by atoms with Crippen molar-refractivity contribution in [2.75, 3.05) is 0 Å². The van der Waals surface area contributed by atoms with Crippen LogP contribution in [0.2, 0.25) is 0 Å². The third kappa shape index (κ3) is 3.63. The monoisotopic (exact) mass is 355 g/mol. The van der Waals surface area contributed by atoms with Crippen molar-refractivity contribution in [3.63, 3.8) is 0 Å². The zero-order chi connectivity index (χ0) is 15.4. The molecule has 0 amide bonds. The third-order valence-corrected chi connectivity index (χ3v) is 4.24. The Hall–Kier alpha value is -1.94. The van der Waals surface area contributed by atoms with E-state index in [1.165, 1.54) is 16.7 Å². The second-order valence-corrected chi connectivity index (χ2v) is 6.23. The maximum absolute atomic E-state index is 4.25. The number of hydrogen-bond acceptors (Lipinski definition) is 2. The Bertz CT molecular complexity index is 747. The molecule has 22 heavy (non-hydrogen) atoms. The molecule has 4 heteroatoms. The molecule has 0 fully saturated rings. The summed E-state index contributed by atoms with van der Waals surface area (Å²) >= 11 is 3.48. The molecular formula is C18H18BrN3. The van der Waals surface area contributed by atoms with Crippen molar-refractivity contribution >= 4 is 15.9 Å². The second kappa shape index (κ2) is 6.88. The fraction of sp³-hybridized carbons (Fsp3) is 0.222. The van der Waals surface area contributed by atoms with E-state index >= 15 is 0 Å². The van der Waals surface area contributed by atoms with Crippen LogP contribution in [0.1, 0.15) is 29.3 Å². The van der Waals surface area contributed by atoms with E-state index in [-0.39, 0.29) is 0 Å². The van der Waals surface area contributed by atoms with Gasteiger partial charge in [0.1, 0.15) is 0 Å². The van der Waals surface area contributed by atoms with Crippen molar-refractivity contribution in [3.05, 3.63) is 81.6 Å². The average Bonchev–Trinajstić information content (AvgIpc) is 2.99. The molecule has 1 heterocycles. The first-order valence-electron chi connectivity index (χ1n) is 7.45. The predicted octanol–water partition coefficient (Wildman–Crippen LogP) is 4.24. The number of rotatable bonds is 5. The lowest BCUT2D eigenvalue weighted by molar-refractivity contribution is 0.626. The maximum atomic E-state index is 4.25. The first kappa shape index (κ1) is 15.0. The van der Waals surface area contributed by atoms with Gasteiger partial charge in [0.05, 0.1) is 5.69 Å². The van der Waals surface area contributed by atoms with Gasteiger partial charge in [0.2, 0.25) is 0 Å². The van der Waals surface area contributed by atoms with Gasteiger partial charge in [0.25, 0.3) is 0 Å². The topological polar surface area (TPSA) is 30.7 Å². The molecule has 0 N–H and O–H groups in total. The maximum Gasteiger partial charge on any atom is 0.0870 e. The Morgan fingerprint density at radius 1 is 0.955 bits per heavy atom. The van der Waals surface area contributed by atoms with Gasteiger partial charge in [0, 0.05) is 23.6 Å². The van der Waals surface area contributed by atoms with Gasteiger partial charge < -0.3 is 0 Å². The number of aromatic nitrogens is 3. The lowest BCUT2D eigenvalue weighted by Gasteiger charge is -2.08. The summed E-state index contributed by atoms with van der Waals surface area (Å²) < 4.78 is 2.98. The number of halogens is 1. The number of benzene rings is 2. The minimum absolute atomic E-state index is 0.826. The zero-order valence-corrected chi connectivity index (χ0v) is 14.1. The molecule has 3 nitrogen and oxygen atoms in total. The van der Waals surface area contributed by atoms with Crippen molar-refractivity contribution in [3.8, 4) is 0 Å². The van der Waals surface area contributed by atoms with Gasteiger partial charge in [-0.3, -0.25) is 4.68 Å². The molecule has 0 radical (unpaired) electrons. The summed E-state index contributed by atoms with van der Waals surface area (Å²) in [6.07, 6.45) is 3.79. The Balaban J connectivity index is 1.81. The van der Waals surface area contributed by atoms with Gasteiger partial charge in [-0.05, 0) is 42.2 Å². The molecule has 0 saturated carbocycles. The van der Waals surface area contributed by atoms with E-state index in [0.717, 1.165) is 29.6 Å². The van der Waals surface area contributed by atoms with Crippen molar-refractivity contribution in [2.45, 2.75) is 26.3 Å². The molecule has 112 valence electrons. The van der Waals surface area contributed by atoms with Gasteiger partial charge in [0.15, 0.2) is 0 Å². The van der Waals surface area contributed by atoms with E-state index in [9.17, 15) is 0 Å². The van der Waals surface area contributed by atoms with Crippen LogP contribution in [0.3, 0.4) is 0 Å². The number of aryl methyl sites for hydroxylation is 1. The first-order valence-corrected chi connectivity index (χ1v) is 8.24. The molecule has 1 aromatic heterocycles. The molecule has 0 atom stereocenters. The van der Waals surface area contributed by atoms with E-state index in [0.29, 0.717) is 0 Å². The summed E-state index contributed by atoms with van der Waals surface area (Å²) in [5.74, 6) is 0. The van der Waals surface area contributed by atoms with Crippen molar-refractivity contribution in [1.82, 2.24) is 15.0 Å². The molecule has 0 spiro atoms. The minimum Gasteiger partial charge on any atom is -0.253 e. The summed E-state index contributed by atoms with van der Waals surface area (Å²) in [5, 5.41) is 8.36. The summed E-state index contributed by atoms with van der Waals surface area (Å²) in [6.45, 7) is 2.92. The molecule has 3 aromatic rings. The molecular weight excluding hydrogens is 338 g/mol. The zero-order valence-electron chi connectivity index (χ0n) is 12.5. The fourth-order valence-corrected chi connectivity index (χ4v) is 2.76. The smallest absolute Gasteiger partial charge is 0.0870 e. The van der Waals surface area contributed by atoms with E-state index in [1.807, 2.05) is 10.9 Å². The molecule has 3 rings (SSSR count). The Labute approximate surface area is 139 Å². The van der Waals surface area contributed by atoms with Gasteiger partial charge in [-0.1, -0.05) is 57.5 Å². The number of hydrogen-bond donors (Lipinski definition) is 0. The van der Waals surface area contributed by atoms with Crippen LogP contribution >= 0.6 is 15.9 Å². The highest BCUT2D eigenvalue weighted by molar-refractivity contribution is 9.10. The molecule has 0 aliphatic carbocycles. The quantitative estimate of drug-likeness (QED) is 0.685. The lowest BCUT2D eigenvalue weighted by atomic mass is 9.97. The molecule has 0 bridgehead atoms. The number of nitrogens with zero attached hydrogens (tertiary/aromatic N) is 3. The first-order chi connectivity index (χ1) is 10.7. The lowest BCUT2D eigenvalue weighted by Crippen LogP contribution is -1.97. The average molecular weight is 356 g/mol. The molecule has 2 aromatic carbocycles. The van der Waals surface area contributed by atoms with Crippen LogP contribution < -0.4 is 0 Å². The largest absolute Gasteiger partial charge is 0.253 e. The van der Waals surface area contributed by atoms with Crippen molar-refractivity contribution in [2.24, 2.45) is 0 Å². The van der Waals surface area contributed by atoms with Crippen LogP contribution in [-0.4, -0.2) is 15.0 Å². The van der Waals surface area contributed by atoms with E-state index in [1.54, 1.807) is 0 Å². The van der Waals surface area contributed by atoms with E-state index in [4.69, 9.17) is 0 Å². The second-order valence-electron chi connectivity index (χ2n) is 5.31. The fourth-order valence-electron chi connectivity index (χ4n) is 2.49. The van der Waals surface area contributed by atoms with Gasteiger partial charge in [-0.2, -0.15) is 0 Å². The van der Waals surface area contributed by atoms with Crippen LogP contribution in [0.5, 0.6) is 0 Å². The standard InChI is InChI=1S/C18H18BrN3/c1-2-22-13-18(20-21-22)12-16-6-4-3-5-15(16)11-14-7-9-17(19)10-8-14/h3-10,13H,2,11-12H2,1H3. The predicted molar refractivity (Wildman–Crippen MR) is 91.9 cm³/mol. The summed E-state index contributed by atoms with van der Waals surface area (Å²) in [6, 6.07) is 17.1. The summed E-state index contributed by atoms with van der Waals surface area (Å²) in [7, 11) is 0. The Morgan fingerprint density at radius 2 is 1.64 bits per heavy atom. The molecule has 0 unspecified atom stereocenters. The van der Waals surface area contributed by atoms with Gasteiger partial charge in [-0.15, -0.1) is 5.10 Å². The molecule has 0 aliphatic heterocycles. The van der Waals surface area contributed by atoms with Crippen LogP contribution in [0, 0.1) is 0 Å². The normalized spacial score (nSPS) is 10.8. The highest BCUT2D eigenvalue weighted by Crippen LogP contribution is 2.19. The van der Waals surface area contributed by atoms with Crippen molar-refractivity contribution < 1.29 is 0 Å². The summed E-state index contributed by atoms with van der Waals surface area (Å²) in [4.78, 5) is 0.